The summed E-state index contributed by atoms with van der Waals surface area (Å²) in [5, 5.41) is 32.0. The second-order valence-electron chi connectivity index (χ2n) is 10.3. The highest BCUT2D eigenvalue weighted by Gasteiger charge is 2.25. The molecule has 0 aromatic rings. The van der Waals surface area contributed by atoms with E-state index in [-0.39, 0.29) is 89.4 Å². The molecule has 6 N–H and O–H groups in total. The summed E-state index contributed by atoms with van der Waals surface area (Å²) in [5.41, 5.74) is 0. The van der Waals surface area contributed by atoms with Gasteiger partial charge in [0.2, 0.25) is 27.7 Å². The SMILES string of the molecule is CCCC(=O)CC[C@H](NC(=O)CC[C@H](CC(=O)CCCNC(=O)CCCS(=O)(=O)NC(=O)CCCC(=O)O)C(=O)O)C(=O)O. The molecular formula is C27H43N3O13S. The van der Waals surface area contributed by atoms with E-state index in [1.54, 1.807) is 4.72 Å². The zero-order chi connectivity index (χ0) is 33.7. The highest BCUT2D eigenvalue weighted by atomic mass is 32.2. The van der Waals surface area contributed by atoms with E-state index in [0.29, 0.717) is 12.8 Å². The van der Waals surface area contributed by atoms with Gasteiger partial charge in [-0.2, -0.15) is 0 Å². The fourth-order valence-corrected chi connectivity index (χ4v) is 5.00. The predicted molar refractivity (Wildman–Crippen MR) is 154 cm³/mol. The number of aliphatic carboxylic acids is 3. The Hall–Kier alpha value is -3.89. The molecule has 16 nitrogen and oxygen atoms in total. The van der Waals surface area contributed by atoms with E-state index in [0.717, 1.165) is 0 Å². The molecule has 0 aromatic heterocycles. The van der Waals surface area contributed by atoms with Crippen LogP contribution in [0.25, 0.3) is 0 Å². The average molecular weight is 650 g/mol. The van der Waals surface area contributed by atoms with Crippen LogP contribution in [0.4, 0.5) is 0 Å². The third-order valence-electron chi connectivity index (χ3n) is 6.25. The van der Waals surface area contributed by atoms with Crippen molar-refractivity contribution >= 4 is 57.2 Å². The number of sulfonamides is 1. The van der Waals surface area contributed by atoms with Crippen LogP contribution in [0.2, 0.25) is 0 Å². The molecule has 2 atom stereocenters. The highest BCUT2D eigenvalue weighted by molar-refractivity contribution is 7.90. The largest absolute Gasteiger partial charge is 0.481 e. The fraction of sp³-hybridized carbons (Fsp3) is 0.704. The maximum atomic E-state index is 12.3. The maximum absolute atomic E-state index is 12.3. The Balaban J connectivity index is 4.38. The van der Waals surface area contributed by atoms with Gasteiger partial charge in [-0.3, -0.25) is 38.3 Å². The second kappa shape index (κ2) is 21.7. The van der Waals surface area contributed by atoms with Gasteiger partial charge >= 0.3 is 17.9 Å². The lowest BCUT2D eigenvalue weighted by Crippen LogP contribution is -2.41. The maximum Gasteiger partial charge on any atom is 0.326 e. The van der Waals surface area contributed by atoms with E-state index in [4.69, 9.17) is 5.11 Å². The van der Waals surface area contributed by atoms with Gasteiger partial charge in [-0.05, 0) is 38.5 Å². The van der Waals surface area contributed by atoms with Crippen molar-refractivity contribution < 1.29 is 62.1 Å². The van der Waals surface area contributed by atoms with Crippen molar-refractivity contribution in [1.29, 1.82) is 0 Å². The molecule has 0 fully saturated rings. The van der Waals surface area contributed by atoms with Crippen LogP contribution in [0.15, 0.2) is 0 Å². The number of carboxylic acid groups (broad SMARTS) is 3. The van der Waals surface area contributed by atoms with Crippen LogP contribution >= 0.6 is 0 Å². The zero-order valence-corrected chi connectivity index (χ0v) is 25.6. The number of ketones is 2. The highest BCUT2D eigenvalue weighted by Crippen LogP contribution is 2.15. The van der Waals surface area contributed by atoms with Crippen molar-refractivity contribution in [3.63, 3.8) is 0 Å². The summed E-state index contributed by atoms with van der Waals surface area (Å²) in [4.78, 5) is 93.1. The molecule has 0 aliphatic heterocycles. The monoisotopic (exact) mass is 649 g/mol. The number of hydrogen-bond donors (Lipinski definition) is 6. The van der Waals surface area contributed by atoms with Crippen LogP contribution in [-0.4, -0.2) is 89.3 Å². The summed E-state index contributed by atoms with van der Waals surface area (Å²) >= 11 is 0. The van der Waals surface area contributed by atoms with E-state index in [9.17, 15) is 57.0 Å². The molecule has 0 spiro atoms. The molecule has 17 heteroatoms. The summed E-state index contributed by atoms with van der Waals surface area (Å²) < 4.78 is 25.6. The number of carbonyl (C=O) groups is 8. The van der Waals surface area contributed by atoms with Crippen LogP contribution < -0.4 is 15.4 Å². The van der Waals surface area contributed by atoms with E-state index in [1.807, 2.05) is 6.92 Å². The molecule has 0 bridgehead atoms. The standard InChI is InChI=1S/C27H43N3O13S/c1-2-6-19(31)12-13-21(27(40)41)29-23(34)14-11-18(26(38)39)17-20(32)7-4-15-28-22(33)9-5-16-44(42,43)30-24(35)8-3-10-25(36)37/h18,21H,2-17H2,1H3,(H,28,33)(H,29,34)(H,30,35)(H,36,37)(H,38,39)(H,40,41)/t18-,21+/m1/s1. The van der Waals surface area contributed by atoms with Gasteiger partial charge in [0.05, 0.1) is 11.7 Å². The zero-order valence-electron chi connectivity index (χ0n) is 24.8. The van der Waals surface area contributed by atoms with Crippen LogP contribution in [0, 0.1) is 5.92 Å². The van der Waals surface area contributed by atoms with Gasteiger partial charge in [-0.25, -0.2) is 13.2 Å². The van der Waals surface area contributed by atoms with Crippen LogP contribution in [0.3, 0.4) is 0 Å². The van der Waals surface area contributed by atoms with Crippen LogP contribution in [-0.2, 0) is 48.4 Å². The fourth-order valence-electron chi connectivity index (χ4n) is 3.93. The van der Waals surface area contributed by atoms with Crippen molar-refractivity contribution in [3.05, 3.63) is 0 Å². The third-order valence-corrected chi connectivity index (χ3v) is 7.62. The summed E-state index contributed by atoms with van der Waals surface area (Å²) in [7, 11) is -3.99. The first-order chi connectivity index (χ1) is 20.6. The number of rotatable bonds is 26. The summed E-state index contributed by atoms with van der Waals surface area (Å²) in [6.45, 7) is 1.87. The van der Waals surface area contributed by atoms with E-state index < -0.39 is 69.1 Å². The molecule has 0 heterocycles. The van der Waals surface area contributed by atoms with Gasteiger partial charge in [0.15, 0.2) is 0 Å². The van der Waals surface area contributed by atoms with Crippen molar-refractivity contribution in [1.82, 2.24) is 15.4 Å². The Morgan fingerprint density at radius 1 is 0.659 bits per heavy atom. The van der Waals surface area contributed by atoms with Crippen molar-refractivity contribution in [3.8, 4) is 0 Å². The van der Waals surface area contributed by atoms with E-state index in [2.05, 4.69) is 10.6 Å². The normalized spacial score (nSPS) is 12.4. The first kappa shape index (κ1) is 40.1. The van der Waals surface area contributed by atoms with Gasteiger partial charge < -0.3 is 26.0 Å². The molecule has 0 aliphatic carbocycles. The minimum atomic E-state index is -3.99. The molecule has 0 rings (SSSR count). The number of amides is 3. The number of carboxylic acids is 3. The minimum absolute atomic E-state index is 0.0157. The molecule has 3 amide bonds. The Morgan fingerprint density at radius 3 is 1.91 bits per heavy atom. The summed E-state index contributed by atoms with van der Waals surface area (Å²) in [6.07, 6.45) is -0.837. The summed E-state index contributed by atoms with van der Waals surface area (Å²) in [5.74, 6) is -8.02. The molecule has 0 unspecified atom stereocenters. The van der Waals surface area contributed by atoms with E-state index in [1.165, 1.54) is 0 Å². The lowest BCUT2D eigenvalue weighted by molar-refractivity contribution is -0.145. The lowest BCUT2D eigenvalue weighted by Gasteiger charge is -2.16. The lowest BCUT2D eigenvalue weighted by atomic mass is 9.95. The minimum Gasteiger partial charge on any atom is -0.481 e. The average Bonchev–Trinajstić information content (AvgIpc) is 2.90. The van der Waals surface area contributed by atoms with Crippen molar-refractivity contribution in [2.45, 2.75) is 103 Å². The smallest absolute Gasteiger partial charge is 0.326 e. The van der Waals surface area contributed by atoms with E-state index >= 15 is 0 Å². The Kier molecular flexibility index (Phi) is 19.8. The second-order valence-corrected chi connectivity index (χ2v) is 12.1. The first-order valence-electron chi connectivity index (χ1n) is 14.4. The van der Waals surface area contributed by atoms with Crippen molar-refractivity contribution in [2.75, 3.05) is 12.3 Å². The summed E-state index contributed by atoms with van der Waals surface area (Å²) in [6, 6.07) is -1.30. The quantitative estimate of drug-likeness (QED) is 0.0699. The van der Waals surface area contributed by atoms with Gasteiger partial charge in [0.1, 0.15) is 17.6 Å². The van der Waals surface area contributed by atoms with Gasteiger partial charge in [0.25, 0.3) is 0 Å². The van der Waals surface area contributed by atoms with Crippen molar-refractivity contribution in [2.24, 2.45) is 5.92 Å². The predicted octanol–water partition coefficient (Wildman–Crippen LogP) is 0.523. The molecule has 0 saturated carbocycles. The number of hydrogen-bond acceptors (Lipinski definition) is 10. The van der Waals surface area contributed by atoms with Gasteiger partial charge in [-0.15, -0.1) is 0 Å². The van der Waals surface area contributed by atoms with Crippen LogP contribution in [0.1, 0.15) is 96.8 Å². The number of Topliss-reactive ketones (excluding diaryl/α,β-unsaturated/α-hetero) is 2. The Labute approximate surface area is 255 Å². The third kappa shape index (κ3) is 20.9. The molecule has 0 aromatic carbocycles. The molecule has 0 radical (unpaired) electrons. The number of carbonyl (C=O) groups excluding carboxylic acids is 5. The van der Waals surface area contributed by atoms with Crippen LogP contribution in [0.5, 0.6) is 0 Å². The molecule has 0 saturated heterocycles. The molecule has 0 aliphatic rings. The molecule has 44 heavy (non-hydrogen) atoms. The number of nitrogens with one attached hydrogen (secondary N) is 3. The first-order valence-corrected chi connectivity index (χ1v) is 16.0. The Morgan fingerprint density at radius 2 is 1.32 bits per heavy atom. The topological polar surface area (TPSA) is 267 Å². The van der Waals surface area contributed by atoms with Gasteiger partial charge in [0, 0.05) is 57.9 Å². The Bertz CT molecular complexity index is 1140. The molecular weight excluding hydrogens is 606 g/mol. The van der Waals surface area contributed by atoms with Gasteiger partial charge in [-0.1, -0.05) is 6.92 Å². The molecule has 250 valence electrons.